The highest BCUT2D eigenvalue weighted by Crippen LogP contribution is 2.24. The third-order valence-electron chi connectivity index (χ3n) is 4.57. The molecule has 0 radical (unpaired) electrons. The number of benzene rings is 1. The second kappa shape index (κ2) is 7.10. The van der Waals surface area contributed by atoms with Crippen LogP contribution in [0.5, 0.6) is 0 Å². The Kier molecular flexibility index (Phi) is 4.66. The predicted octanol–water partition coefficient (Wildman–Crippen LogP) is 1.50. The number of carbonyl (C=O) groups is 1. The Bertz CT molecular complexity index is 938. The first-order valence-electron chi connectivity index (χ1n) is 8.43. The van der Waals surface area contributed by atoms with Crippen LogP contribution in [0.25, 0.3) is 4.96 Å². The number of thiazole rings is 1. The molecule has 7 nitrogen and oxygen atoms in total. The zero-order valence-electron chi connectivity index (χ0n) is 14.2. The third kappa shape index (κ3) is 3.33. The fourth-order valence-corrected chi connectivity index (χ4v) is 3.94. The second-order valence-electron chi connectivity index (χ2n) is 6.36. The monoisotopic (exact) mass is 374 g/mol. The van der Waals surface area contributed by atoms with E-state index in [0.29, 0.717) is 24.9 Å². The van der Waals surface area contributed by atoms with Gasteiger partial charge in [0.1, 0.15) is 18.2 Å². The van der Waals surface area contributed by atoms with Gasteiger partial charge in [0.2, 0.25) is 10.9 Å². The first kappa shape index (κ1) is 17.1. The van der Waals surface area contributed by atoms with Crippen molar-refractivity contribution in [2.75, 3.05) is 6.54 Å². The quantitative estimate of drug-likeness (QED) is 0.631. The molecule has 1 fully saturated rings. The summed E-state index contributed by atoms with van der Waals surface area (Å²) >= 11 is 1.53. The van der Waals surface area contributed by atoms with E-state index in [4.69, 9.17) is 0 Å². The minimum atomic E-state index is -0.320. The van der Waals surface area contributed by atoms with E-state index in [-0.39, 0.29) is 23.8 Å². The van der Waals surface area contributed by atoms with Crippen LogP contribution in [0.3, 0.4) is 0 Å². The maximum atomic E-state index is 13.4. The van der Waals surface area contributed by atoms with Gasteiger partial charge in [-0.1, -0.05) is 12.1 Å². The summed E-state index contributed by atoms with van der Waals surface area (Å²) in [6, 6.07) is 4.69. The predicted molar refractivity (Wildman–Crippen MR) is 96.1 cm³/mol. The topological polar surface area (TPSA) is 83.4 Å². The summed E-state index contributed by atoms with van der Waals surface area (Å²) in [4.78, 5) is 17.4. The molecule has 1 aromatic carbocycles. The van der Waals surface area contributed by atoms with E-state index < -0.39 is 0 Å². The molecular formula is C17H19FN6OS. The van der Waals surface area contributed by atoms with Gasteiger partial charge in [0.05, 0.1) is 5.69 Å². The number of fused-ring (bicyclic) bond motifs is 1. The van der Waals surface area contributed by atoms with Crippen LogP contribution >= 0.6 is 11.3 Å². The van der Waals surface area contributed by atoms with Crippen LogP contribution < -0.4 is 16.2 Å². The minimum Gasteiger partial charge on any atom is -0.354 e. The van der Waals surface area contributed by atoms with Crippen LogP contribution in [-0.4, -0.2) is 33.1 Å². The SMILES string of the molecule is Cc1cc(C2CC(C(=O)NCCc3csc4ncnn34)NN2)ccc1F. The molecule has 3 N–H and O–H groups in total. The zero-order valence-corrected chi connectivity index (χ0v) is 15.0. The Hall–Kier alpha value is -2.36. The lowest BCUT2D eigenvalue weighted by atomic mass is 10.00. The van der Waals surface area contributed by atoms with Crippen LogP contribution in [0.15, 0.2) is 29.9 Å². The maximum absolute atomic E-state index is 13.4. The number of halogens is 1. The summed E-state index contributed by atoms with van der Waals surface area (Å²) in [5.74, 6) is -0.271. The molecule has 2 atom stereocenters. The number of amides is 1. The Labute approximate surface area is 153 Å². The van der Waals surface area contributed by atoms with Gasteiger partial charge in [0.15, 0.2) is 0 Å². The molecular weight excluding hydrogens is 355 g/mol. The summed E-state index contributed by atoms with van der Waals surface area (Å²) in [6.45, 7) is 2.27. The lowest BCUT2D eigenvalue weighted by Crippen LogP contribution is -2.43. The van der Waals surface area contributed by atoms with Crippen molar-refractivity contribution in [2.45, 2.75) is 31.8 Å². The van der Waals surface area contributed by atoms with Crippen LogP contribution in [-0.2, 0) is 11.2 Å². The van der Waals surface area contributed by atoms with Gasteiger partial charge in [-0.25, -0.2) is 24.7 Å². The van der Waals surface area contributed by atoms with Gasteiger partial charge in [-0.3, -0.25) is 4.79 Å². The van der Waals surface area contributed by atoms with Crippen LogP contribution in [0, 0.1) is 12.7 Å². The molecule has 0 bridgehead atoms. The maximum Gasteiger partial charge on any atom is 0.238 e. The first-order chi connectivity index (χ1) is 12.6. The van der Waals surface area contributed by atoms with E-state index in [1.54, 1.807) is 17.5 Å². The van der Waals surface area contributed by atoms with Gasteiger partial charge >= 0.3 is 0 Å². The number of carbonyl (C=O) groups excluding carboxylic acids is 1. The van der Waals surface area contributed by atoms with Gasteiger partial charge in [-0.05, 0) is 30.5 Å². The van der Waals surface area contributed by atoms with Gasteiger partial charge < -0.3 is 5.32 Å². The molecule has 4 rings (SSSR count). The number of aryl methyl sites for hydroxylation is 1. The van der Waals surface area contributed by atoms with E-state index in [9.17, 15) is 9.18 Å². The smallest absolute Gasteiger partial charge is 0.238 e. The Morgan fingerprint density at radius 3 is 3.19 bits per heavy atom. The Morgan fingerprint density at radius 1 is 1.46 bits per heavy atom. The largest absolute Gasteiger partial charge is 0.354 e. The van der Waals surface area contributed by atoms with Crippen molar-refractivity contribution in [3.05, 3.63) is 52.5 Å². The highest BCUT2D eigenvalue weighted by Gasteiger charge is 2.30. The summed E-state index contributed by atoms with van der Waals surface area (Å²) < 4.78 is 15.2. The van der Waals surface area contributed by atoms with Crippen molar-refractivity contribution in [2.24, 2.45) is 0 Å². The number of hydrogen-bond donors (Lipinski definition) is 3. The molecule has 9 heteroatoms. The molecule has 136 valence electrons. The molecule has 3 aromatic rings. The van der Waals surface area contributed by atoms with Crippen molar-refractivity contribution in [1.29, 1.82) is 0 Å². The number of aromatic nitrogens is 3. The Balaban J connectivity index is 1.30. The molecule has 1 aliphatic rings. The van der Waals surface area contributed by atoms with Crippen molar-refractivity contribution >= 4 is 22.2 Å². The Morgan fingerprint density at radius 2 is 2.35 bits per heavy atom. The molecule has 0 saturated carbocycles. The van der Waals surface area contributed by atoms with E-state index in [1.165, 1.54) is 23.7 Å². The fourth-order valence-electron chi connectivity index (χ4n) is 3.11. The number of nitrogens with zero attached hydrogens (tertiary/aromatic N) is 3. The average molecular weight is 374 g/mol. The molecule has 2 aromatic heterocycles. The van der Waals surface area contributed by atoms with E-state index in [1.807, 2.05) is 11.4 Å². The van der Waals surface area contributed by atoms with Crippen molar-refractivity contribution < 1.29 is 9.18 Å². The van der Waals surface area contributed by atoms with Crippen molar-refractivity contribution in [3.63, 3.8) is 0 Å². The summed E-state index contributed by atoms with van der Waals surface area (Å²) in [7, 11) is 0. The van der Waals surface area contributed by atoms with Crippen LogP contribution in [0.2, 0.25) is 0 Å². The molecule has 26 heavy (non-hydrogen) atoms. The van der Waals surface area contributed by atoms with E-state index >= 15 is 0 Å². The molecule has 0 aliphatic carbocycles. The van der Waals surface area contributed by atoms with Gasteiger partial charge in [-0.15, -0.1) is 11.3 Å². The minimum absolute atomic E-state index is 0.0169. The normalized spacial score (nSPS) is 19.9. The molecule has 1 amide bonds. The molecule has 0 spiro atoms. The zero-order chi connectivity index (χ0) is 18.1. The van der Waals surface area contributed by atoms with Crippen molar-refractivity contribution in [1.82, 2.24) is 30.8 Å². The standard InChI is InChI=1S/C17H19FN6OS/c1-10-6-11(2-3-13(10)18)14-7-15(23-22-14)16(25)19-5-4-12-8-26-17-20-9-21-24(12)17/h2-3,6,8-9,14-15,22-23H,4-5,7H2,1H3,(H,19,25). The molecule has 2 unspecified atom stereocenters. The molecule has 3 heterocycles. The van der Waals surface area contributed by atoms with Gasteiger partial charge in [0, 0.05) is 24.4 Å². The summed E-state index contributed by atoms with van der Waals surface area (Å²) in [5, 5.41) is 9.12. The highest BCUT2D eigenvalue weighted by atomic mass is 32.1. The second-order valence-corrected chi connectivity index (χ2v) is 7.20. The number of hydrogen-bond acceptors (Lipinski definition) is 6. The summed E-state index contributed by atoms with van der Waals surface area (Å²) in [6.07, 6.45) is 2.83. The number of nitrogens with one attached hydrogen (secondary N) is 3. The average Bonchev–Trinajstić information content (AvgIpc) is 3.34. The van der Waals surface area contributed by atoms with Crippen molar-refractivity contribution in [3.8, 4) is 0 Å². The van der Waals surface area contributed by atoms with E-state index in [2.05, 4.69) is 26.3 Å². The third-order valence-corrected chi connectivity index (χ3v) is 5.45. The van der Waals surface area contributed by atoms with Crippen LogP contribution in [0.4, 0.5) is 4.39 Å². The molecule has 1 aliphatic heterocycles. The molecule has 1 saturated heterocycles. The first-order valence-corrected chi connectivity index (χ1v) is 9.30. The van der Waals surface area contributed by atoms with Gasteiger partial charge in [-0.2, -0.15) is 5.10 Å². The highest BCUT2D eigenvalue weighted by molar-refractivity contribution is 7.15. The summed E-state index contributed by atoms with van der Waals surface area (Å²) in [5.41, 5.74) is 8.75. The lowest BCUT2D eigenvalue weighted by Gasteiger charge is -2.11. The lowest BCUT2D eigenvalue weighted by molar-refractivity contribution is -0.122. The van der Waals surface area contributed by atoms with Gasteiger partial charge in [0.25, 0.3) is 0 Å². The van der Waals surface area contributed by atoms with Crippen LogP contribution in [0.1, 0.15) is 29.3 Å². The number of rotatable bonds is 5. The fraction of sp³-hybridized carbons (Fsp3) is 0.353. The number of hydrazine groups is 1. The van der Waals surface area contributed by atoms with E-state index in [0.717, 1.165) is 16.2 Å².